The van der Waals surface area contributed by atoms with Gasteiger partial charge in [0, 0.05) is 6.07 Å². The van der Waals surface area contributed by atoms with Crippen LogP contribution in [-0.4, -0.2) is 33.0 Å². The Labute approximate surface area is 133 Å². The van der Waals surface area contributed by atoms with Gasteiger partial charge in [-0.15, -0.1) is 0 Å². The summed E-state index contributed by atoms with van der Waals surface area (Å²) in [5.74, 6) is 2.39. The molecule has 1 heterocycles. The summed E-state index contributed by atoms with van der Waals surface area (Å²) in [7, 11) is 1.54. The minimum absolute atomic E-state index is 0.197. The fraction of sp³-hybridized carbons (Fsp3) is 0.235. The summed E-state index contributed by atoms with van der Waals surface area (Å²) in [4.78, 5) is 12.1. The van der Waals surface area contributed by atoms with Crippen LogP contribution in [0.1, 0.15) is 10.4 Å². The highest BCUT2D eigenvalue weighted by atomic mass is 16.7. The average Bonchev–Trinajstić information content (AvgIpc) is 3.06. The van der Waals surface area contributed by atoms with E-state index in [4.69, 9.17) is 18.9 Å². The van der Waals surface area contributed by atoms with Gasteiger partial charge in [0.05, 0.1) is 19.2 Å². The van der Waals surface area contributed by atoms with E-state index < -0.39 is 0 Å². The van der Waals surface area contributed by atoms with Crippen LogP contribution in [0.3, 0.4) is 0 Å². The first-order chi connectivity index (χ1) is 11.3. The Balaban J connectivity index is 1.49. The normalized spacial score (nSPS) is 11.9. The van der Waals surface area contributed by atoms with Gasteiger partial charge in [-0.25, -0.2) is 0 Å². The second-order valence-electron chi connectivity index (χ2n) is 4.82. The zero-order valence-corrected chi connectivity index (χ0v) is 12.7. The van der Waals surface area contributed by atoms with Gasteiger partial charge in [0.25, 0.3) is 5.91 Å². The molecule has 6 nitrogen and oxygen atoms in total. The third kappa shape index (κ3) is 3.48. The molecule has 120 valence electrons. The van der Waals surface area contributed by atoms with Gasteiger partial charge in [-0.3, -0.25) is 4.79 Å². The largest absolute Gasteiger partial charge is 0.496 e. The number of para-hydroxylation sites is 1. The number of nitrogens with one attached hydrogen (secondary N) is 1. The van der Waals surface area contributed by atoms with Gasteiger partial charge in [-0.2, -0.15) is 0 Å². The summed E-state index contributed by atoms with van der Waals surface area (Å²) in [6.45, 7) is 0.958. The van der Waals surface area contributed by atoms with Crippen LogP contribution >= 0.6 is 0 Å². The molecule has 0 saturated carbocycles. The average molecular weight is 315 g/mol. The molecule has 0 bridgehead atoms. The third-order valence-corrected chi connectivity index (χ3v) is 3.35. The van der Waals surface area contributed by atoms with Crippen LogP contribution in [-0.2, 0) is 0 Å². The highest BCUT2D eigenvalue weighted by molar-refractivity contribution is 5.96. The number of carbonyl (C=O) groups is 1. The second kappa shape index (κ2) is 6.91. The molecule has 1 amide bonds. The molecule has 0 unspecified atom stereocenters. The van der Waals surface area contributed by atoms with Crippen molar-refractivity contribution in [1.29, 1.82) is 0 Å². The SMILES string of the molecule is COc1ccccc1C(=O)NCCOc1ccc2c(c1)OCO2. The molecule has 3 rings (SSSR count). The van der Waals surface area contributed by atoms with Crippen LogP contribution in [0.2, 0.25) is 0 Å². The molecule has 0 aliphatic carbocycles. The number of amides is 1. The summed E-state index contributed by atoms with van der Waals surface area (Å²) in [6.07, 6.45) is 0. The molecule has 0 atom stereocenters. The van der Waals surface area contributed by atoms with Gasteiger partial charge in [0.15, 0.2) is 11.5 Å². The van der Waals surface area contributed by atoms with Gasteiger partial charge in [0.1, 0.15) is 18.1 Å². The van der Waals surface area contributed by atoms with Gasteiger partial charge in [-0.05, 0) is 24.3 Å². The third-order valence-electron chi connectivity index (χ3n) is 3.35. The summed E-state index contributed by atoms with van der Waals surface area (Å²) < 4.78 is 21.3. The summed E-state index contributed by atoms with van der Waals surface area (Å²) in [5.41, 5.74) is 0.498. The topological polar surface area (TPSA) is 66.0 Å². The molecule has 0 aromatic heterocycles. The maximum absolute atomic E-state index is 12.1. The smallest absolute Gasteiger partial charge is 0.255 e. The molecule has 6 heteroatoms. The van der Waals surface area contributed by atoms with E-state index in [1.54, 1.807) is 36.4 Å². The molecule has 0 spiro atoms. The van der Waals surface area contributed by atoms with Gasteiger partial charge in [-0.1, -0.05) is 12.1 Å². The Hall–Kier alpha value is -2.89. The molecule has 0 fully saturated rings. The van der Waals surface area contributed by atoms with Crippen molar-refractivity contribution in [3.05, 3.63) is 48.0 Å². The van der Waals surface area contributed by atoms with E-state index in [-0.39, 0.29) is 12.7 Å². The lowest BCUT2D eigenvalue weighted by Gasteiger charge is -2.10. The number of fused-ring (bicyclic) bond motifs is 1. The maximum atomic E-state index is 12.1. The van der Waals surface area contributed by atoms with Crippen molar-refractivity contribution in [3.63, 3.8) is 0 Å². The highest BCUT2D eigenvalue weighted by Gasteiger charge is 2.14. The molecule has 0 saturated heterocycles. The number of benzene rings is 2. The zero-order chi connectivity index (χ0) is 16.1. The molecular formula is C17H17NO5. The molecule has 2 aromatic rings. The lowest BCUT2D eigenvalue weighted by Crippen LogP contribution is -2.28. The van der Waals surface area contributed by atoms with Crippen LogP contribution in [0.15, 0.2) is 42.5 Å². The lowest BCUT2D eigenvalue weighted by molar-refractivity contribution is 0.0944. The molecule has 1 aliphatic rings. The standard InChI is InChI=1S/C17H17NO5/c1-20-14-5-3-2-4-13(14)17(19)18-8-9-21-12-6-7-15-16(10-12)23-11-22-15/h2-7,10H,8-9,11H2,1H3,(H,18,19). The van der Waals surface area contributed by atoms with E-state index in [0.717, 1.165) is 0 Å². The second-order valence-corrected chi connectivity index (χ2v) is 4.82. The van der Waals surface area contributed by atoms with Crippen molar-refractivity contribution in [2.75, 3.05) is 27.1 Å². The summed E-state index contributed by atoms with van der Waals surface area (Å²) >= 11 is 0. The minimum atomic E-state index is -0.197. The zero-order valence-electron chi connectivity index (χ0n) is 12.7. The van der Waals surface area contributed by atoms with E-state index >= 15 is 0 Å². The minimum Gasteiger partial charge on any atom is -0.496 e. The molecular weight excluding hydrogens is 298 g/mol. The van der Waals surface area contributed by atoms with E-state index in [0.29, 0.717) is 41.7 Å². The van der Waals surface area contributed by atoms with Crippen LogP contribution in [0.25, 0.3) is 0 Å². The Morgan fingerprint density at radius 3 is 2.87 bits per heavy atom. The number of ether oxygens (including phenoxy) is 4. The van der Waals surface area contributed by atoms with Gasteiger partial charge >= 0.3 is 0 Å². The molecule has 2 aromatic carbocycles. The van der Waals surface area contributed by atoms with Crippen molar-refractivity contribution < 1.29 is 23.7 Å². The molecule has 23 heavy (non-hydrogen) atoms. The quantitative estimate of drug-likeness (QED) is 0.828. The molecule has 1 N–H and O–H groups in total. The van der Waals surface area contributed by atoms with Crippen LogP contribution < -0.4 is 24.3 Å². The van der Waals surface area contributed by atoms with Crippen LogP contribution in [0, 0.1) is 0 Å². The number of carbonyl (C=O) groups excluding carboxylic acids is 1. The first kappa shape index (κ1) is 15.0. The predicted molar refractivity (Wildman–Crippen MR) is 83.4 cm³/mol. The monoisotopic (exact) mass is 315 g/mol. The number of rotatable bonds is 6. The van der Waals surface area contributed by atoms with E-state index in [2.05, 4.69) is 5.32 Å². The number of hydrogen-bond donors (Lipinski definition) is 1. The summed E-state index contributed by atoms with van der Waals surface area (Å²) in [5, 5.41) is 2.80. The number of hydrogen-bond acceptors (Lipinski definition) is 5. The van der Waals surface area contributed by atoms with E-state index in [1.165, 1.54) is 7.11 Å². The van der Waals surface area contributed by atoms with Crippen molar-refractivity contribution in [2.24, 2.45) is 0 Å². The predicted octanol–water partition coefficient (Wildman–Crippen LogP) is 2.23. The van der Waals surface area contributed by atoms with Crippen LogP contribution in [0.4, 0.5) is 0 Å². The lowest BCUT2D eigenvalue weighted by atomic mass is 10.2. The van der Waals surface area contributed by atoms with E-state index in [9.17, 15) is 4.79 Å². The summed E-state index contributed by atoms with van der Waals surface area (Å²) in [6, 6.07) is 12.4. The molecule has 0 radical (unpaired) electrons. The van der Waals surface area contributed by atoms with E-state index in [1.807, 2.05) is 6.07 Å². The Bertz CT molecular complexity index is 701. The van der Waals surface area contributed by atoms with Crippen molar-refractivity contribution >= 4 is 5.91 Å². The first-order valence-corrected chi connectivity index (χ1v) is 7.21. The Morgan fingerprint density at radius 1 is 1.17 bits per heavy atom. The van der Waals surface area contributed by atoms with Gasteiger partial charge in [0.2, 0.25) is 6.79 Å². The highest BCUT2D eigenvalue weighted by Crippen LogP contribution is 2.34. The number of methoxy groups -OCH3 is 1. The Kier molecular flexibility index (Phi) is 4.52. The fourth-order valence-electron chi connectivity index (χ4n) is 2.23. The van der Waals surface area contributed by atoms with Crippen LogP contribution in [0.5, 0.6) is 23.0 Å². The van der Waals surface area contributed by atoms with Gasteiger partial charge < -0.3 is 24.3 Å². The Morgan fingerprint density at radius 2 is 2.00 bits per heavy atom. The van der Waals surface area contributed by atoms with Crippen molar-refractivity contribution in [3.8, 4) is 23.0 Å². The first-order valence-electron chi connectivity index (χ1n) is 7.21. The fourth-order valence-corrected chi connectivity index (χ4v) is 2.23. The van der Waals surface area contributed by atoms with Crippen molar-refractivity contribution in [2.45, 2.75) is 0 Å². The van der Waals surface area contributed by atoms with Crippen molar-refractivity contribution in [1.82, 2.24) is 5.32 Å². The molecule has 1 aliphatic heterocycles. The maximum Gasteiger partial charge on any atom is 0.255 e.